The average molecular weight is 420 g/mol. The van der Waals surface area contributed by atoms with Crippen molar-refractivity contribution in [3.8, 4) is 0 Å². The van der Waals surface area contributed by atoms with Gasteiger partial charge in [-0.3, -0.25) is 4.31 Å². The van der Waals surface area contributed by atoms with Crippen molar-refractivity contribution < 1.29 is 8.42 Å². The lowest BCUT2D eigenvalue weighted by Crippen LogP contribution is -2.30. The summed E-state index contributed by atoms with van der Waals surface area (Å²) in [6.45, 7) is 4.06. The summed E-state index contributed by atoms with van der Waals surface area (Å²) in [6.07, 6.45) is 0. The van der Waals surface area contributed by atoms with E-state index in [1.807, 2.05) is 32.0 Å². The third kappa shape index (κ3) is 4.29. The number of aryl methyl sites for hydroxylation is 2. The molecule has 0 saturated heterocycles. The zero-order valence-corrected chi connectivity index (χ0v) is 17.3. The standard InChI is InChI=1S/C21H19Cl2NO2S/c1-15-8-11-19(12-16(15)2)24(14-17-9-10-18(22)13-21(17)23)27(25,26)20-6-4-3-5-7-20/h3-13H,14H2,1-2H3. The van der Waals surface area contributed by atoms with Gasteiger partial charge in [-0.05, 0) is 66.9 Å². The minimum absolute atomic E-state index is 0.107. The maximum atomic E-state index is 13.4. The molecule has 3 rings (SSSR count). The van der Waals surface area contributed by atoms with Crippen LogP contribution in [-0.4, -0.2) is 8.42 Å². The van der Waals surface area contributed by atoms with Crippen molar-refractivity contribution in [3.05, 3.63) is 93.5 Å². The monoisotopic (exact) mass is 419 g/mol. The molecule has 0 N–H and O–H groups in total. The maximum Gasteiger partial charge on any atom is 0.264 e. The van der Waals surface area contributed by atoms with Gasteiger partial charge in [0.1, 0.15) is 0 Å². The fourth-order valence-electron chi connectivity index (χ4n) is 2.72. The summed E-state index contributed by atoms with van der Waals surface area (Å²) in [6, 6.07) is 19.1. The lowest BCUT2D eigenvalue weighted by Gasteiger charge is -2.26. The summed E-state index contributed by atoms with van der Waals surface area (Å²) in [5.41, 5.74) is 3.38. The highest BCUT2D eigenvalue weighted by Crippen LogP contribution is 2.30. The molecule has 6 heteroatoms. The largest absolute Gasteiger partial charge is 0.264 e. The van der Waals surface area contributed by atoms with Gasteiger partial charge in [-0.15, -0.1) is 0 Å². The smallest absolute Gasteiger partial charge is 0.262 e. The molecule has 0 aliphatic heterocycles. The van der Waals surface area contributed by atoms with E-state index in [0.29, 0.717) is 21.3 Å². The highest BCUT2D eigenvalue weighted by atomic mass is 35.5. The second-order valence-electron chi connectivity index (χ2n) is 6.33. The summed E-state index contributed by atoms with van der Waals surface area (Å²) < 4.78 is 28.1. The van der Waals surface area contributed by atoms with Crippen LogP contribution in [0.15, 0.2) is 71.6 Å². The van der Waals surface area contributed by atoms with Gasteiger partial charge in [-0.2, -0.15) is 0 Å². The van der Waals surface area contributed by atoms with Crippen LogP contribution in [0.3, 0.4) is 0 Å². The van der Waals surface area contributed by atoms with Gasteiger partial charge in [0.05, 0.1) is 17.1 Å². The van der Waals surface area contributed by atoms with Crippen LogP contribution in [-0.2, 0) is 16.6 Å². The lowest BCUT2D eigenvalue weighted by molar-refractivity contribution is 0.590. The Kier molecular flexibility index (Phi) is 5.80. The minimum Gasteiger partial charge on any atom is -0.262 e. The fourth-order valence-corrected chi connectivity index (χ4v) is 4.64. The first-order valence-electron chi connectivity index (χ1n) is 8.38. The molecule has 0 amide bonds. The van der Waals surface area contributed by atoms with Crippen molar-refractivity contribution in [2.24, 2.45) is 0 Å². The van der Waals surface area contributed by atoms with Crippen LogP contribution in [0.5, 0.6) is 0 Å². The Hall–Kier alpha value is -2.01. The number of hydrogen-bond acceptors (Lipinski definition) is 2. The molecule has 0 radical (unpaired) electrons. The van der Waals surface area contributed by atoms with Gasteiger partial charge in [0.15, 0.2) is 0 Å². The van der Waals surface area contributed by atoms with E-state index in [9.17, 15) is 8.42 Å². The lowest BCUT2D eigenvalue weighted by atomic mass is 10.1. The number of nitrogens with zero attached hydrogens (tertiary/aromatic N) is 1. The van der Waals surface area contributed by atoms with E-state index >= 15 is 0 Å². The van der Waals surface area contributed by atoms with E-state index < -0.39 is 10.0 Å². The Morgan fingerprint density at radius 2 is 1.56 bits per heavy atom. The molecule has 0 aliphatic carbocycles. The van der Waals surface area contributed by atoms with Gasteiger partial charge in [-0.25, -0.2) is 8.42 Å². The molecule has 140 valence electrons. The van der Waals surface area contributed by atoms with Crippen molar-refractivity contribution in [2.45, 2.75) is 25.3 Å². The second-order valence-corrected chi connectivity index (χ2v) is 9.03. The summed E-state index contributed by atoms with van der Waals surface area (Å²) in [5, 5.41) is 0.937. The van der Waals surface area contributed by atoms with E-state index in [-0.39, 0.29) is 11.4 Å². The molecule has 0 aliphatic rings. The summed E-state index contributed by atoms with van der Waals surface area (Å²) in [4.78, 5) is 0.230. The van der Waals surface area contributed by atoms with E-state index in [4.69, 9.17) is 23.2 Å². The third-order valence-corrected chi connectivity index (χ3v) is 6.81. The molecule has 27 heavy (non-hydrogen) atoms. The zero-order chi connectivity index (χ0) is 19.6. The third-order valence-electron chi connectivity index (χ3n) is 4.44. The predicted molar refractivity (Wildman–Crippen MR) is 112 cm³/mol. The van der Waals surface area contributed by atoms with Crippen LogP contribution in [0, 0.1) is 13.8 Å². The molecular formula is C21H19Cl2NO2S. The summed E-state index contributed by atoms with van der Waals surface area (Å²) in [7, 11) is -3.77. The Labute approximate surface area is 170 Å². The van der Waals surface area contributed by atoms with Gasteiger partial charge in [0.2, 0.25) is 0 Å². The van der Waals surface area contributed by atoms with Gasteiger partial charge in [-0.1, -0.05) is 53.5 Å². The Balaban J connectivity index is 2.12. The minimum atomic E-state index is -3.77. The average Bonchev–Trinajstić information content (AvgIpc) is 2.64. The molecule has 3 aromatic rings. The van der Waals surface area contributed by atoms with Crippen LogP contribution >= 0.6 is 23.2 Å². The van der Waals surface area contributed by atoms with Crippen LogP contribution in [0.1, 0.15) is 16.7 Å². The zero-order valence-electron chi connectivity index (χ0n) is 15.0. The van der Waals surface area contributed by atoms with Gasteiger partial charge < -0.3 is 0 Å². The molecule has 0 saturated carbocycles. The van der Waals surface area contributed by atoms with Crippen LogP contribution in [0.4, 0.5) is 5.69 Å². The second kappa shape index (κ2) is 7.93. The van der Waals surface area contributed by atoms with Crippen molar-refractivity contribution in [3.63, 3.8) is 0 Å². The highest BCUT2D eigenvalue weighted by Gasteiger charge is 2.26. The van der Waals surface area contributed by atoms with Crippen molar-refractivity contribution in [1.29, 1.82) is 0 Å². The van der Waals surface area contributed by atoms with Gasteiger partial charge in [0.25, 0.3) is 10.0 Å². The normalized spacial score (nSPS) is 11.4. The fraction of sp³-hybridized carbons (Fsp3) is 0.143. The number of rotatable bonds is 5. The van der Waals surface area contributed by atoms with Gasteiger partial charge in [0, 0.05) is 10.0 Å². The predicted octanol–water partition coefficient (Wildman–Crippen LogP) is 6.01. The number of hydrogen-bond donors (Lipinski definition) is 0. The Bertz CT molecular complexity index is 1070. The molecule has 3 nitrogen and oxygen atoms in total. The molecule has 0 fully saturated rings. The summed E-state index contributed by atoms with van der Waals surface area (Å²) in [5.74, 6) is 0. The first kappa shape index (κ1) is 19.7. The van der Waals surface area contributed by atoms with Crippen molar-refractivity contribution >= 4 is 38.9 Å². The SMILES string of the molecule is Cc1ccc(N(Cc2ccc(Cl)cc2Cl)S(=O)(=O)c2ccccc2)cc1C. The first-order chi connectivity index (χ1) is 12.8. The van der Waals surface area contributed by atoms with E-state index in [2.05, 4.69) is 0 Å². The molecule has 0 bridgehead atoms. The van der Waals surface area contributed by atoms with E-state index in [0.717, 1.165) is 11.1 Å². The van der Waals surface area contributed by atoms with Crippen LogP contribution in [0.2, 0.25) is 10.0 Å². The quantitative estimate of drug-likeness (QED) is 0.507. The molecule has 0 aromatic heterocycles. The Morgan fingerprint density at radius 3 is 2.19 bits per heavy atom. The molecule has 0 unspecified atom stereocenters. The molecule has 0 atom stereocenters. The maximum absolute atomic E-state index is 13.4. The van der Waals surface area contributed by atoms with Crippen LogP contribution in [0.25, 0.3) is 0 Å². The molecule has 0 heterocycles. The molecule has 3 aromatic carbocycles. The van der Waals surface area contributed by atoms with E-state index in [1.54, 1.807) is 48.5 Å². The molecular weight excluding hydrogens is 401 g/mol. The Morgan fingerprint density at radius 1 is 0.852 bits per heavy atom. The van der Waals surface area contributed by atoms with Crippen LogP contribution < -0.4 is 4.31 Å². The number of benzene rings is 3. The van der Waals surface area contributed by atoms with E-state index in [1.165, 1.54) is 4.31 Å². The highest BCUT2D eigenvalue weighted by molar-refractivity contribution is 7.92. The van der Waals surface area contributed by atoms with Gasteiger partial charge >= 0.3 is 0 Å². The number of anilines is 1. The molecule has 0 spiro atoms. The van der Waals surface area contributed by atoms with Crippen molar-refractivity contribution in [1.82, 2.24) is 0 Å². The number of halogens is 2. The summed E-state index contributed by atoms with van der Waals surface area (Å²) >= 11 is 12.3. The topological polar surface area (TPSA) is 37.4 Å². The first-order valence-corrected chi connectivity index (χ1v) is 10.6. The van der Waals surface area contributed by atoms with Crippen molar-refractivity contribution in [2.75, 3.05) is 4.31 Å². The number of sulfonamides is 1.